The van der Waals surface area contributed by atoms with Gasteiger partial charge in [0.05, 0.1) is 18.2 Å². The summed E-state index contributed by atoms with van der Waals surface area (Å²) >= 11 is 0. The van der Waals surface area contributed by atoms with Gasteiger partial charge in [-0.3, -0.25) is 4.79 Å². The first-order valence-corrected chi connectivity index (χ1v) is 4.20. The summed E-state index contributed by atoms with van der Waals surface area (Å²) in [6.07, 6.45) is -8.19. The van der Waals surface area contributed by atoms with Crippen molar-refractivity contribution in [1.82, 2.24) is 4.98 Å². The van der Waals surface area contributed by atoms with Crippen LogP contribution in [-0.2, 0) is 6.18 Å². The molecule has 0 aliphatic carbocycles. The van der Waals surface area contributed by atoms with Crippen molar-refractivity contribution < 1.29 is 31.5 Å². The van der Waals surface area contributed by atoms with E-state index in [1.807, 2.05) is 0 Å². The van der Waals surface area contributed by atoms with E-state index in [-0.39, 0.29) is 12.5 Å². The van der Waals surface area contributed by atoms with Crippen LogP contribution in [-0.4, -0.2) is 18.4 Å². The van der Waals surface area contributed by atoms with Crippen LogP contribution in [0.15, 0.2) is 6.20 Å². The molecule has 0 aliphatic heterocycles. The highest BCUT2D eigenvalue weighted by atomic mass is 19.4. The summed E-state index contributed by atoms with van der Waals surface area (Å²) in [5.74, 6) is -0.857. The number of nitrogens with zero attached hydrogens (tertiary/aromatic N) is 1. The monoisotopic (exact) mass is 255 g/mol. The first-order chi connectivity index (χ1) is 7.82. The van der Waals surface area contributed by atoms with E-state index in [0.717, 1.165) is 7.11 Å². The van der Waals surface area contributed by atoms with Crippen LogP contribution in [0.5, 0.6) is 5.75 Å². The Morgan fingerprint density at radius 1 is 1.41 bits per heavy atom. The molecular formula is C9H6F5NO2. The van der Waals surface area contributed by atoms with Crippen LogP contribution in [0.25, 0.3) is 0 Å². The van der Waals surface area contributed by atoms with Crippen molar-refractivity contribution >= 4 is 6.29 Å². The van der Waals surface area contributed by atoms with Crippen LogP contribution in [0.2, 0.25) is 0 Å². The minimum absolute atomic E-state index is 0.0465. The Bertz CT molecular complexity index is 430. The lowest BCUT2D eigenvalue weighted by Gasteiger charge is -2.15. The fourth-order valence-corrected chi connectivity index (χ4v) is 1.26. The lowest BCUT2D eigenvalue weighted by molar-refractivity contribution is -0.140. The maximum atomic E-state index is 12.6. The molecule has 0 aromatic carbocycles. The zero-order valence-electron chi connectivity index (χ0n) is 8.39. The largest absolute Gasteiger partial charge is 0.494 e. The summed E-state index contributed by atoms with van der Waals surface area (Å²) in [7, 11) is 0.885. The zero-order chi connectivity index (χ0) is 13.2. The predicted octanol–water partition coefficient (Wildman–Crippen LogP) is 2.86. The Morgan fingerprint density at radius 3 is 2.35 bits per heavy atom. The molecule has 0 bridgehead atoms. The summed E-state index contributed by atoms with van der Waals surface area (Å²) in [5, 5.41) is 0. The molecule has 1 aromatic heterocycles. The number of alkyl halides is 5. The Kier molecular flexibility index (Phi) is 3.64. The lowest BCUT2D eigenvalue weighted by Crippen LogP contribution is -2.13. The first kappa shape index (κ1) is 13.3. The third-order valence-corrected chi connectivity index (χ3v) is 1.94. The van der Waals surface area contributed by atoms with E-state index in [1.54, 1.807) is 0 Å². The molecule has 0 unspecified atom stereocenters. The Morgan fingerprint density at radius 2 is 2.00 bits per heavy atom. The van der Waals surface area contributed by atoms with E-state index in [9.17, 15) is 26.7 Å². The highest BCUT2D eigenvalue weighted by Crippen LogP contribution is 2.41. The molecule has 17 heavy (non-hydrogen) atoms. The number of carbonyl (C=O) groups is 1. The maximum absolute atomic E-state index is 12.6. The smallest absolute Gasteiger partial charge is 0.418 e. The van der Waals surface area contributed by atoms with Crippen molar-refractivity contribution in [1.29, 1.82) is 0 Å². The van der Waals surface area contributed by atoms with E-state index in [2.05, 4.69) is 9.72 Å². The van der Waals surface area contributed by atoms with Crippen molar-refractivity contribution in [3.05, 3.63) is 23.0 Å². The standard InChI is InChI=1S/C9H6F5NO2/c1-17-7-5(3-16)15-2-4(9(12,13)14)6(7)8(10)11/h2-3,8H,1H3. The fraction of sp³-hybridized carbons (Fsp3) is 0.333. The summed E-state index contributed by atoms with van der Waals surface area (Å²) in [6.45, 7) is 0. The molecular weight excluding hydrogens is 249 g/mol. The van der Waals surface area contributed by atoms with E-state index >= 15 is 0 Å². The molecule has 0 saturated carbocycles. The number of carbonyl (C=O) groups excluding carboxylic acids is 1. The van der Waals surface area contributed by atoms with Crippen LogP contribution < -0.4 is 4.74 Å². The molecule has 0 fully saturated rings. The van der Waals surface area contributed by atoms with Gasteiger partial charge < -0.3 is 4.74 Å². The number of rotatable bonds is 3. The van der Waals surface area contributed by atoms with Crippen molar-refractivity contribution in [2.45, 2.75) is 12.6 Å². The van der Waals surface area contributed by atoms with Crippen LogP contribution in [0.3, 0.4) is 0 Å². The van der Waals surface area contributed by atoms with Gasteiger partial charge in [0.2, 0.25) is 0 Å². The summed E-state index contributed by atoms with van der Waals surface area (Å²) in [6, 6.07) is 0. The Hall–Kier alpha value is -1.73. The molecule has 0 spiro atoms. The average molecular weight is 255 g/mol. The number of hydrogen-bond acceptors (Lipinski definition) is 3. The normalized spacial score (nSPS) is 11.7. The second-order valence-electron chi connectivity index (χ2n) is 2.92. The molecule has 0 radical (unpaired) electrons. The van der Waals surface area contributed by atoms with Gasteiger partial charge in [-0.2, -0.15) is 13.2 Å². The lowest BCUT2D eigenvalue weighted by atomic mass is 10.1. The zero-order valence-corrected chi connectivity index (χ0v) is 8.39. The number of aldehydes is 1. The summed E-state index contributed by atoms with van der Waals surface area (Å²) in [4.78, 5) is 13.6. The minimum atomic E-state index is -4.99. The van der Waals surface area contributed by atoms with Crippen LogP contribution in [0.1, 0.15) is 28.0 Å². The molecule has 94 valence electrons. The SMILES string of the molecule is COc1c(C=O)ncc(C(F)(F)F)c1C(F)F. The summed E-state index contributed by atoms with van der Waals surface area (Å²) < 4.78 is 66.9. The van der Waals surface area contributed by atoms with Crippen LogP contribution >= 0.6 is 0 Å². The molecule has 0 N–H and O–H groups in total. The quantitative estimate of drug-likeness (QED) is 0.615. The molecule has 1 rings (SSSR count). The van der Waals surface area contributed by atoms with E-state index < -0.39 is 35.2 Å². The van der Waals surface area contributed by atoms with Gasteiger partial charge in [0, 0.05) is 6.20 Å². The van der Waals surface area contributed by atoms with Crippen molar-refractivity contribution in [2.24, 2.45) is 0 Å². The molecule has 0 amide bonds. The molecule has 3 nitrogen and oxygen atoms in total. The van der Waals surface area contributed by atoms with Gasteiger partial charge in [-0.1, -0.05) is 0 Å². The number of methoxy groups -OCH3 is 1. The van der Waals surface area contributed by atoms with Gasteiger partial charge in [-0.15, -0.1) is 0 Å². The second-order valence-corrected chi connectivity index (χ2v) is 2.92. The van der Waals surface area contributed by atoms with Crippen LogP contribution in [0, 0.1) is 0 Å². The highest BCUT2D eigenvalue weighted by Gasteiger charge is 2.39. The van der Waals surface area contributed by atoms with E-state index in [0.29, 0.717) is 0 Å². The van der Waals surface area contributed by atoms with Gasteiger partial charge >= 0.3 is 6.18 Å². The van der Waals surface area contributed by atoms with Gasteiger partial charge in [-0.25, -0.2) is 13.8 Å². The Labute approximate surface area is 92.2 Å². The van der Waals surface area contributed by atoms with Gasteiger partial charge in [0.1, 0.15) is 5.69 Å². The molecule has 8 heteroatoms. The molecule has 0 atom stereocenters. The first-order valence-electron chi connectivity index (χ1n) is 4.20. The number of ether oxygens (including phenoxy) is 1. The predicted molar refractivity (Wildman–Crippen MR) is 46.1 cm³/mol. The highest BCUT2D eigenvalue weighted by molar-refractivity contribution is 5.77. The van der Waals surface area contributed by atoms with E-state index in [1.165, 1.54) is 0 Å². The molecule has 0 saturated heterocycles. The second kappa shape index (κ2) is 4.64. The van der Waals surface area contributed by atoms with Crippen LogP contribution in [0.4, 0.5) is 22.0 Å². The average Bonchev–Trinajstić information content (AvgIpc) is 2.25. The van der Waals surface area contributed by atoms with Gasteiger partial charge in [0.15, 0.2) is 12.0 Å². The number of aromatic nitrogens is 1. The Balaban J connectivity index is 3.59. The van der Waals surface area contributed by atoms with Gasteiger partial charge in [0.25, 0.3) is 6.43 Å². The van der Waals surface area contributed by atoms with E-state index in [4.69, 9.17) is 0 Å². The van der Waals surface area contributed by atoms with Crippen molar-refractivity contribution in [3.63, 3.8) is 0 Å². The summed E-state index contributed by atoms with van der Waals surface area (Å²) in [5.41, 5.74) is -3.59. The third kappa shape index (κ3) is 2.51. The number of hydrogen-bond donors (Lipinski definition) is 0. The van der Waals surface area contributed by atoms with Gasteiger partial charge in [-0.05, 0) is 0 Å². The van der Waals surface area contributed by atoms with Crippen molar-refractivity contribution in [2.75, 3.05) is 7.11 Å². The number of halogens is 5. The molecule has 0 aliphatic rings. The molecule has 1 aromatic rings. The minimum Gasteiger partial charge on any atom is -0.494 e. The maximum Gasteiger partial charge on any atom is 0.418 e. The van der Waals surface area contributed by atoms with Crippen molar-refractivity contribution in [3.8, 4) is 5.75 Å². The fourth-order valence-electron chi connectivity index (χ4n) is 1.26. The third-order valence-electron chi connectivity index (χ3n) is 1.94. The molecule has 1 heterocycles. The topological polar surface area (TPSA) is 39.2 Å². The number of pyridine rings is 1.